The highest BCUT2D eigenvalue weighted by molar-refractivity contribution is 5.92. The minimum absolute atomic E-state index is 0.0718. The van der Waals surface area contributed by atoms with Crippen LogP contribution in [-0.4, -0.2) is 26.7 Å². The van der Waals surface area contributed by atoms with Gasteiger partial charge >= 0.3 is 0 Å². The Labute approximate surface area is 148 Å². The number of hydrogen-bond donors (Lipinski definition) is 1. The molecular weight excluding hydrogens is 318 g/mol. The molecular formula is C20H25NO4. The first-order valence-corrected chi connectivity index (χ1v) is 8.40. The van der Waals surface area contributed by atoms with Crippen LogP contribution in [0.4, 0.5) is 5.69 Å². The van der Waals surface area contributed by atoms with Crippen LogP contribution in [0, 0.1) is 0 Å². The molecule has 0 heterocycles. The second kappa shape index (κ2) is 9.57. The van der Waals surface area contributed by atoms with Crippen LogP contribution in [0.2, 0.25) is 0 Å². The second-order valence-corrected chi connectivity index (χ2v) is 5.57. The van der Waals surface area contributed by atoms with E-state index in [-0.39, 0.29) is 5.91 Å². The quantitative estimate of drug-likeness (QED) is 0.746. The van der Waals surface area contributed by atoms with Gasteiger partial charge in [-0.05, 0) is 48.7 Å². The smallest absolute Gasteiger partial charge is 0.224 e. The van der Waals surface area contributed by atoms with Crippen LogP contribution >= 0.6 is 0 Å². The topological polar surface area (TPSA) is 56.8 Å². The Kier molecular flexibility index (Phi) is 7.14. The lowest BCUT2D eigenvalue weighted by Crippen LogP contribution is -2.13. The van der Waals surface area contributed by atoms with E-state index in [2.05, 4.69) is 5.32 Å². The second-order valence-electron chi connectivity index (χ2n) is 5.57. The maximum Gasteiger partial charge on any atom is 0.224 e. The largest absolute Gasteiger partial charge is 0.497 e. The number of methoxy groups -OCH3 is 2. The average molecular weight is 343 g/mol. The number of anilines is 1. The molecule has 0 aliphatic carbocycles. The van der Waals surface area contributed by atoms with E-state index in [1.165, 1.54) is 0 Å². The number of nitrogens with one attached hydrogen (secondary N) is 1. The van der Waals surface area contributed by atoms with Crippen molar-refractivity contribution in [1.82, 2.24) is 0 Å². The highest BCUT2D eigenvalue weighted by Crippen LogP contribution is 2.26. The first-order chi connectivity index (χ1) is 12.2. The molecule has 0 aromatic heterocycles. The van der Waals surface area contributed by atoms with Crippen molar-refractivity contribution in [3.63, 3.8) is 0 Å². The molecule has 0 aliphatic rings. The van der Waals surface area contributed by atoms with Crippen LogP contribution in [-0.2, 0) is 11.2 Å². The van der Waals surface area contributed by atoms with Gasteiger partial charge in [-0.25, -0.2) is 0 Å². The Balaban J connectivity index is 2.00. The van der Waals surface area contributed by atoms with E-state index in [1.54, 1.807) is 14.2 Å². The molecule has 0 saturated carbocycles. The number of rotatable bonds is 9. The molecule has 25 heavy (non-hydrogen) atoms. The van der Waals surface area contributed by atoms with E-state index in [4.69, 9.17) is 14.2 Å². The lowest BCUT2D eigenvalue weighted by atomic mass is 10.1. The molecule has 0 radical (unpaired) electrons. The van der Waals surface area contributed by atoms with Crippen LogP contribution < -0.4 is 19.5 Å². The standard InChI is InChI=1S/C20H25NO4/c1-4-13-25-19-8-6-5-7-17(19)21-20(22)12-9-15-14-16(23-2)10-11-18(15)24-3/h5-8,10-11,14H,4,9,12-13H2,1-3H3,(H,21,22). The lowest BCUT2D eigenvalue weighted by Gasteiger charge is -2.13. The van der Waals surface area contributed by atoms with Gasteiger partial charge in [0.2, 0.25) is 5.91 Å². The molecule has 1 N–H and O–H groups in total. The van der Waals surface area contributed by atoms with Crippen LogP contribution in [0.5, 0.6) is 17.2 Å². The van der Waals surface area contributed by atoms with Crippen molar-refractivity contribution in [2.75, 3.05) is 26.1 Å². The molecule has 2 aromatic rings. The normalized spacial score (nSPS) is 10.2. The summed E-state index contributed by atoms with van der Waals surface area (Å²) >= 11 is 0. The Morgan fingerprint density at radius 3 is 2.56 bits per heavy atom. The summed E-state index contributed by atoms with van der Waals surface area (Å²) < 4.78 is 16.3. The summed E-state index contributed by atoms with van der Waals surface area (Å²) in [6, 6.07) is 13.0. The van der Waals surface area contributed by atoms with Crippen molar-refractivity contribution < 1.29 is 19.0 Å². The minimum atomic E-state index is -0.0718. The molecule has 2 aromatic carbocycles. The third kappa shape index (κ3) is 5.41. The van der Waals surface area contributed by atoms with Crippen molar-refractivity contribution in [3.05, 3.63) is 48.0 Å². The average Bonchev–Trinajstić information content (AvgIpc) is 2.65. The fraction of sp³-hybridized carbons (Fsp3) is 0.350. The predicted octanol–water partition coefficient (Wildman–Crippen LogP) is 4.06. The van der Waals surface area contributed by atoms with Crippen molar-refractivity contribution >= 4 is 11.6 Å². The fourth-order valence-electron chi connectivity index (χ4n) is 2.45. The van der Waals surface area contributed by atoms with E-state index in [0.29, 0.717) is 30.9 Å². The lowest BCUT2D eigenvalue weighted by molar-refractivity contribution is -0.116. The van der Waals surface area contributed by atoms with E-state index < -0.39 is 0 Å². The molecule has 134 valence electrons. The number of hydrogen-bond acceptors (Lipinski definition) is 4. The molecule has 0 unspecified atom stereocenters. The Morgan fingerprint density at radius 1 is 1.04 bits per heavy atom. The molecule has 0 bridgehead atoms. The number of aryl methyl sites for hydroxylation is 1. The maximum absolute atomic E-state index is 12.3. The van der Waals surface area contributed by atoms with E-state index in [1.807, 2.05) is 49.4 Å². The highest BCUT2D eigenvalue weighted by Gasteiger charge is 2.10. The van der Waals surface area contributed by atoms with Crippen molar-refractivity contribution in [3.8, 4) is 17.2 Å². The zero-order chi connectivity index (χ0) is 18.1. The van der Waals surface area contributed by atoms with E-state index in [9.17, 15) is 4.79 Å². The zero-order valence-corrected chi connectivity index (χ0v) is 15.0. The molecule has 0 atom stereocenters. The molecule has 5 nitrogen and oxygen atoms in total. The molecule has 5 heteroatoms. The van der Waals surface area contributed by atoms with Crippen LogP contribution in [0.15, 0.2) is 42.5 Å². The third-order valence-corrected chi connectivity index (χ3v) is 3.73. The Morgan fingerprint density at radius 2 is 1.84 bits per heavy atom. The van der Waals surface area contributed by atoms with Gasteiger partial charge in [-0.3, -0.25) is 4.79 Å². The molecule has 0 spiro atoms. The summed E-state index contributed by atoms with van der Waals surface area (Å²) in [5, 5.41) is 2.92. The number of para-hydroxylation sites is 2. The monoisotopic (exact) mass is 343 g/mol. The SMILES string of the molecule is CCCOc1ccccc1NC(=O)CCc1cc(OC)ccc1OC. The van der Waals surface area contributed by atoms with Gasteiger partial charge in [0.1, 0.15) is 17.2 Å². The van der Waals surface area contributed by atoms with E-state index in [0.717, 1.165) is 23.5 Å². The van der Waals surface area contributed by atoms with Crippen LogP contribution in [0.25, 0.3) is 0 Å². The zero-order valence-electron chi connectivity index (χ0n) is 15.0. The van der Waals surface area contributed by atoms with Crippen molar-refractivity contribution in [2.45, 2.75) is 26.2 Å². The third-order valence-electron chi connectivity index (χ3n) is 3.73. The Hall–Kier alpha value is -2.69. The number of benzene rings is 2. The number of carbonyl (C=O) groups is 1. The molecule has 0 aliphatic heterocycles. The summed E-state index contributed by atoms with van der Waals surface area (Å²) in [6.07, 6.45) is 1.81. The minimum Gasteiger partial charge on any atom is -0.497 e. The predicted molar refractivity (Wildman–Crippen MR) is 98.7 cm³/mol. The number of carbonyl (C=O) groups excluding carboxylic acids is 1. The summed E-state index contributed by atoms with van der Waals surface area (Å²) in [5.41, 5.74) is 1.63. The van der Waals surface area contributed by atoms with Gasteiger partial charge in [-0.15, -0.1) is 0 Å². The van der Waals surface area contributed by atoms with Gasteiger partial charge in [0.25, 0.3) is 0 Å². The molecule has 2 rings (SSSR count). The van der Waals surface area contributed by atoms with Gasteiger partial charge < -0.3 is 19.5 Å². The summed E-state index contributed by atoms with van der Waals surface area (Å²) in [6.45, 7) is 2.66. The van der Waals surface area contributed by atoms with Crippen LogP contribution in [0.1, 0.15) is 25.3 Å². The highest BCUT2D eigenvalue weighted by atomic mass is 16.5. The summed E-state index contributed by atoms with van der Waals surface area (Å²) in [7, 11) is 3.23. The van der Waals surface area contributed by atoms with Gasteiger partial charge in [0.05, 0.1) is 26.5 Å². The van der Waals surface area contributed by atoms with Crippen LogP contribution in [0.3, 0.4) is 0 Å². The molecule has 1 amide bonds. The fourth-order valence-corrected chi connectivity index (χ4v) is 2.45. The molecule has 0 fully saturated rings. The maximum atomic E-state index is 12.3. The first kappa shape index (κ1) is 18.6. The van der Waals surface area contributed by atoms with E-state index >= 15 is 0 Å². The Bertz CT molecular complexity index is 700. The van der Waals surface area contributed by atoms with Crippen molar-refractivity contribution in [1.29, 1.82) is 0 Å². The first-order valence-electron chi connectivity index (χ1n) is 8.40. The number of ether oxygens (including phenoxy) is 3. The van der Waals surface area contributed by atoms with Crippen molar-refractivity contribution in [2.24, 2.45) is 0 Å². The van der Waals surface area contributed by atoms with Gasteiger partial charge in [0, 0.05) is 6.42 Å². The van der Waals surface area contributed by atoms with Gasteiger partial charge in [0.15, 0.2) is 0 Å². The summed E-state index contributed by atoms with van der Waals surface area (Å²) in [4.78, 5) is 12.3. The van der Waals surface area contributed by atoms with Gasteiger partial charge in [-0.1, -0.05) is 19.1 Å². The van der Waals surface area contributed by atoms with Gasteiger partial charge in [-0.2, -0.15) is 0 Å². The molecule has 0 saturated heterocycles. The number of amides is 1. The summed E-state index contributed by atoms with van der Waals surface area (Å²) in [5.74, 6) is 2.11.